The van der Waals surface area contributed by atoms with Crippen molar-refractivity contribution in [2.45, 2.75) is 83.0 Å². The van der Waals surface area contributed by atoms with Crippen LogP contribution in [-0.2, 0) is 19.4 Å². The number of fused-ring (bicyclic) bond motifs is 5. The van der Waals surface area contributed by atoms with Gasteiger partial charge in [-0.15, -0.1) is 0 Å². The van der Waals surface area contributed by atoms with Crippen LogP contribution in [0.4, 0.5) is 0 Å². The maximum absolute atomic E-state index is 13.0. The van der Waals surface area contributed by atoms with Gasteiger partial charge < -0.3 is 19.9 Å². The third-order valence-corrected chi connectivity index (χ3v) is 9.01. The molecule has 0 unspecified atom stereocenters. The minimum Gasteiger partial charge on any atom is -0.726 e. The fraction of sp³-hybridized carbons (Fsp3) is 0.952. The first kappa shape index (κ1) is 20.8. The molecule has 4 fully saturated rings. The number of Topliss-reactive ketones (excluding diaryl/α,β-unsaturated/α-hetero) is 1. The van der Waals surface area contributed by atoms with Gasteiger partial charge in [-0.1, -0.05) is 13.8 Å². The van der Waals surface area contributed by atoms with Crippen molar-refractivity contribution >= 4 is 16.2 Å². The predicted octanol–water partition coefficient (Wildman–Crippen LogP) is -1.86. The van der Waals surface area contributed by atoms with E-state index in [0.717, 1.165) is 0 Å². The smallest absolute Gasteiger partial charge is 0.726 e. The van der Waals surface area contributed by atoms with E-state index < -0.39 is 75.5 Å². The second kappa shape index (κ2) is 8.57. The summed E-state index contributed by atoms with van der Waals surface area (Å²) >= 11 is 0. The number of aliphatic hydroxyl groups is 3. The number of hydrogen-bond acceptors (Lipinski definition) is 8. The Hall–Kier alpha value is 0.420. The molecule has 0 aromatic carbocycles. The molecule has 4 saturated carbocycles. The summed E-state index contributed by atoms with van der Waals surface area (Å²) in [6.45, 7) is 1.76. The van der Waals surface area contributed by atoms with Crippen molar-refractivity contribution in [3.8, 4) is 0 Å². The monoisotopic (exact) mass is 472 g/mol. The maximum atomic E-state index is 13.0. The van der Waals surface area contributed by atoms with Crippen LogP contribution in [0.1, 0.15) is 70.6 Å². The van der Waals surface area contributed by atoms with E-state index in [0.29, 0.717) is 32.1 Å². The average molecular weight is 473 g/mol. The summed E-state index contributed by atoms with van der Waals surface area (Å²) in [6, 6.07) is 0. The van der Waals surface area contributed by atoms with E-state index in [4.69, 9.17) is 4.11 Å². The molecule has 0 aromatic rings. The van der Waals surface area contributed by atoms with Crippen LogP contribution in [0.25, 0.3) is 0 Å². The third kappa shape index (κ3) is 4.10. The minimum atomic E-state index is -5.24. The molecule has 0 radical (unpaired) electrons. The predicted molar refractivity (Wildman–Crippen MR) is 105 cm³/mol. The Balaban J connectivity index is 0.00000342. The van der Waals surface area contributed by atoms with Crippen LogP contribution in [-0.4, -0.2) is 58.5 Å². The molecule has 0 spiro atoms. The van der Waals surface area contributed by atoms with Crippen LogP contribution < -0.4 is 29.6 Å². The van der Waals surface area contributed by atoms with E-state index in [2.05, 4.69) is 4.18 Å². The second-order valence-corrected chi connectivity index (χ2v) is 11.0. The molecule has 8 nitrogen and oxygen atoms in total. The van der Waals surface area contributed by atoms with E-state index in [1.165, 1.54) is 6.92 Å². The number of hydrogen-bond donors (Lipinski definition) is 3. The van der Waals surface area contributed by atoms with E-state index >= 15 is 0 Å². The van der Waals surface area contributed by atoms with E-state index in [1.54, 1.807) is 6.92 Å². The van der Waals surface area contributed by atoms with Gasteiger partial charge in [-0.3, -0.25) is 8.98 Å². The molecule has 31 heavy (non-hydrogen) atoms. The molecule has 0 aliphatic heterocycles. The van der Waals surface area contributed by atoms with Crippen molar-refractivity contribution in [3.63, 3.8) is 0 Å². The Bertz CT molecular complexity index is 998. The quantitative estimate of drug-likeness (QED) is 0.246. The molecule has 0 aromatic heterocycles. The number of carbonyl (C=O) groups excluding carboxylic acids is 1. The van der Waals surface area contributed by atoms with Gasteiger partial charge in [0.05, 0.1) is 13.6 Å². The Morgan fingerprint density at radius 1 is 1.23 bits per heavy atom. The van der Waals surface area contributed by atoms with Gasteiger partial charge in [0.15, 0.2) is 5.78 Å². The molecular formula is C21H33NaO8S. The minimum absolute atomic E-state index is 0. The van der Waals surface area contributed by atoms with Crippen LogP contribution in [0.3, 0.4) is 0 Å². The molecule has 0 heterocycles. The molecule has 0 saturated heterocycles. The van der Waals surface area contributed by atoms with Gasteiger partial charge in [-0.25, -0.2) is 8.42 Å². The molecule has 172 valence electrons. The second-order valence-electron chi connectivity index (χ2n) is 9.92. The molecule has 9 atom stereocenters. The molecule has 4 rings (SSSR count). The maximum Gasteiger partial charge on any atom is 1.00 e. The third-order valence-electron chi connectivity index (χ3n) is 8.60. The summed E-state index contributed by atoms with van der Waals surface area (Å²) in [5.74, 6) is -4.89. The topological polar surface area (TPSA) is 144 Å². The molecule has 4 aliphatic carbocycles. The van der Waals surface area contributed by atoms with Gasteiger partial charge in [0.1, 0.15) is 12.2 Å². The van der Waals surface area contributed by atoms with E-state index in [1.807, 2.05) is 0 Å². The summed E-state index contributed by atoms with van der Waals surface area (Å²) in [7, 11) is -5.24. The Labute approximate surface area is 212 Å². The molecular weight excluding hydrogens is 435 g/mol. The zero-order valence-electron chi connectivity index (χ0n) is 22.3. The van der Waals surface area contributed by atoms with Gasteiger partial charge in [0, 0.05) is 9.53 Å². The first-order chi connectivity index (χ1) is 15.3. The number of ketones is 1. The first-order valence-electron chi connectivity index (χ1n) is 12.6. The van der Waals surface area contributed by atoms with E-state index in [-0.39, 0.29) is 48.3 Å². The van der Waals surface area contributed by atoms with Crippen LogP contribution in [0, 0.1) is 34.5 Å². The Morgan fingerprint density at radius 3 is 2.55 bits per heavy atom. The van der Waals surface area contributed by atoms with Crippen LogP contribution in [0.5, 0.6) is 0 Å². The van der Waals surface area contributed by atoms with Crippen molar-refractivity contribution in [2.24, 2.45) is 34.5 Å². The van der Waals surface area contributed by atoms with Crippen LogP contribution in [0.15, 0.2) is 0 Å². The fourth-order valence-corrected chi connectivity index (χ4v) is 7.22. The SMILES string of the molecule is [2H]C1([2H])[C@]([2H])(O)[C@@]2([2H])[C@@H](CC[C@H]3C[C@H](O)CC[C@@]32C)[C@@H]2CC[C@](O)(C(=O)COS(=O)(=O)[O-])[C@]21C.[Na+]. The molecule has 3 N–H and O–H groups in total. The summed E-state index contributed by atoms with van der Waals surface area (Å²) in [6.07, 6.45) is -4.70. The summed E-state index contributed by atoms with van der Waals surface area (Å²) in [5.41, 5.74) is -5.54. The fourth-order valence-electron chi connectivity index (χ4n) is 6.97. The zero-order valence-corrected chi connectivity index (χ0v) is 21.1. The van der Waals surface area contributed by atoms with Crippen LogP contribution >= 0.6 is 0 Å². The zero-order chi connectivity index (χ0) is 25.8. The first-order valence-corrected chi connectivity index (χ1v) is 11.9. The Morgan fingerprint density at radius 2 is 1.90 bits per heavy atom. The van der Waals surface area contributed by atoms with E-state index in [9.17, 15) is 34.5 Å². The van der Waals surface area contributed by atoms with Crippen LogP contribution in [0.2, 0.25) is 0 Å². The van der Waals surface area contributed by atoms with Gasteiger partial charge in [-0.05, 0) is 80.4 Å². The van der Waals surface area contributed by atoms with Gasteiger partial charge in [0.2, 0.25) is 10.4 Å². The van der Waals surface area contributed by atoms with Crippen molar-refractivity contribution in [2.75, 3.05) is 6.61 Å². The van der Waals surface area contributed by atoms with Crippen molar-refractivity contribution in [1.82, 2.24) is 0 Å². The number of rotatable bonds is 4. The summed E-state index contributed by atoms with van der Waals surface area (Å²) in [5, 5.41) is 33.4. The molecule has 0 amide bonds. The largest absolute Gasteiger partial charge is 1.00 e. The molecule has 10 heteroatoms. The molecule has 0 bridgehead atoms. The standard InChI is InChI=1S/C21H34O8S.Na/c1-19-7-5-13(22)9-12(19)3-4-14-15-6-8-21(25,17(24)11-29-30(26,27)28)20(15,2)10-16(23)18(14)19;/h12-16,18,22-23,25H,3-11H2,1-2H3,(H,26,27,28);/q;+1/p-1/t12-,13+,14-,15-,16-,18+,19-,20-,21-;/m0./s1/i10D2,16D,18D;. The van der Waals surface area contributed by atoms with Gasteiger partial charge >= 0.3 is 29.6 Å². The normalized spacial score (nSPS) is 57.6. The average Bonchev–Trinajstić information content (AvgIpc) is 3.00. The van der Waals surface area contributed by atoms with Crippen molar-refractivity contribution in [3.05, 3.63) is 0 Å². The van der Waals surface area contributed by atoms with Crippen molar-refractivity contribution < 1.29 is 72.3 Å². The summed E-state index contributed by atoms with van der Waals surface area (Å²) < 4.78 is 73.2. The van der Waals surface area contributed by atoms with Gasteiger partial charge in [-0.2, -0.15) is 0 Å². The summed E-state index contributed by atoms with van der Waals surface area (Å²) in [4.78, 5) is 13.0. The number of carbonyl (C=O) groups is 1. The molecule has 4 aliphatic rings. The van der Waals surface area contributed by atoms with Gasteiger partial charge in [0.25, 0.3) is 0 Å². The van der Waals surface area contributed by atoms with Crippen molar-refractivity contribution in [1.29, 1.82) is 0 Å². The number of aliphatic hydroxyl groups excluding tert-OH is 1. The Kier molecular flexibility index (Phi) is 5.74.